The first-order chi connectivity index (χ1) is 9.54. The summed E-state index contributed by atoms with van der Waals surface area (Å²) in [6.07, 6.45) is 0.517. The molecule has 0 radical (unpaired) electrons. The molecule has 1 heterocycles. The van der Waals surface area contributed by atoms with E-state index in [-0.39, 0.29) is 12.3 Å². The molecule has 1 saturated heterocycles. The molecule has 2 rings (SSSR count). The summed E-state index contributed by atoms with van der Waals surface area (Å²) in [5.41, 5.74) is 3.10. The standard InChI is InChI=1S/C15H22N2O3/c1-11-8-12(2)10-13(9-11)16-15(18)17(3)5-4-14-19-6-7-20-14/h8-10,14H,4-7H2,1-3H3,(H,16,18). The van der Waals surface area contributed by atoms with Crippen molar-refractivity contribution in [1.29, 1.82) is 0 Å². The van der Waals surface area contributed by atoms with Gasteiger partial charge in [0.05, 0.1) is 13.2 Å². The Kier molecular flexibility index (Phi) is 4.98. The predicted octanol–water partition coefficient (Wildman–Crippen LogP) is 2.53. The van der Waals surface area contributed by atoms with E-state index < -0.39 is 0 Å². The van der Waals surface area contributed by atoms with E-state index in [0.717, 1.165) is 16.8 Å². The molecule has 1 aromatic rings. The second-order valence-corrected chi connectivity index (χ2v) is 5.19. The van der Waals surface area contributed by atoms with Crippen LogP contribution in [0.25, 0.3) is 0 Å². The molecule has 1 fully saturated rings. The monoisotopic (exact) mass is 278 g/mol. The summed E-state index contributed by atoms with van der Waals surface area (Å²) in [6, 6.07) is 5.88. The van der Waals surface area contributed by atoms with Crippen LogP contribution in [0.15, 0.2) is 18.2 Å². The van der Waals surface area contributed by atoms with Crippen molar-refractivity contribution < 1.29 is 14.3 Å². The molecule has 110 valence electrons. The number of anilines is 1. The molecule has 5 nitrogen and oxygen atoms in total. The molecule has 0 saturated carbocycles. The summed E-state index contributed by atoms with van der Waals surface area (Å²) >= 11 is 0. The third kappa shape index (κ3) is 4.21. The van der Waals surface area contributed by atoms with Gasteiger partial charge in [0, 0.05) is 25.7 Å². The fourth-order valence-corrected chi connectivity index (χ4v) is 2.24. The lowest BCUT2D eigenvalue weighted by Crippen LogP contribution is -2.33. The number of nitrogens with one attached hydrogen (secondary N) is 1. The molecule has 0 spiro atoms. The van der Waals surface area contributed by atoms with E-state index in [1.807, 2.05) is 26.0 Å². The smallest absolute Gasteiger partial charge is 0.321 e. The molecule has 0 aromatic heterocycles. The molecule has 1 aromatic carbocycles. The van der Waals surface area contributed by atoms with Crippen molar-refractivity contribution in [3.05, 3.63) is 29.3 Å². The van der Waals surface area contributed by atoms with E-state index in [9.17, 15) is 4.79 Å². The van der Waals surface area contributed by atoms with Gasteiger partial charge in [-0.2, -0.15) is 0 Å². The van der Waals surface area contributed by atoms with Gasteiger partial charge in [-0.15, -0.1) is 0 Å². The molecule has 20 heavy (non-hydrogen) atoms. The Morgan fingerprint density at radius 3 is 2.45 bits per heavy atom. The van der Waals surface area contributed by atoms with Gasteiger partial charge in [0.2, 0.25) is 0 Å². The topological polar surface area (TPSA) is 50.8 Å². The number of aryl methyl sites for hydroxylation is 2. The zero-order valence-electron chi connectivity index (χ0n) is 12.3. The van der Waals surface area contributed by atoms with Gasteiger partial charge >= 0.3 is 6.03 Å². The second-order valence-electron chi connectivity index (χ2n) is 5.19. The SMILES string of the molecule is Cc1cc(C)cc(NC(=O)N(C)CCC2OCCO2)c1. The van der Waals surface area contributed by atoms with Crippen molar-refractivity contribution in [1.82, 2.24) is 4.90 Å². The summed E-state index contributed by atoms with van der Waals surface area (Å²) in [4.78, 5) is 13.7. The van der Waals surface area contributed by atoms with Crippen LogP contribution in [0.5, 0.6) is 0 Å². The Hall–Kier alpha value is -1.59. The van der Waals surface area contributed by atoms with Crippen LogP contribution in [0, 0.1) is 13.8 Å². The van der Waals surface area contributed by atoms with Gasteiger partial charge in [-0.05, 0) is 37.1 Å². The van der Waals surface area contributed by atoms with Crippen LogP contribution < -0.4 is 5.32 Å². The van der Waals surface area contributed by atoms with Crippen molar-refractivity contribution in [3.63, 3.8) is 0 Å². The van der Waals surface area contributed by atoms with Crippen molar-refractivity contribution in [2.75, 3.05) is 32.1 Å². The first-order valence-corrected chi connectivity index (χ1v) is 6.88. The lowest BCUT2D eigenvalue weighted by atomic mass is 10.1. The Morgan fingerprint density at radius 1 is 1.25 bits per heavy atom. The van der Waals surface area contributed by atoms with Gasteiger partial charge in [-0.1, -0.05) is 6.07 Å². The lowest BCUT2D eigenvalue weighted by molar-refractivity contribution is -0.0488. The molecule has 0 aliphatic carbocycles. The van der Waals surface area contributed by atoms with Crippen LogP contribution in [-0.4, -0.2) is 44.0 Å². The van der Waals surface area contributed by atoms with Gasteiger partial charge in [-0.25, -0.2) is 4.79 Å². The summed E-state index contributed by atoms with van der Waals surface area (Å²) in [7, 11) is 1.77. The number of ether oxygens (including phenoxy) is 2. The van der Waals surface area contributed by atoms with Gasteiger partial charge < -0.3 is 19.7 Å². The zero-order chi connectivity index (χ0) is 14.5. The molecule has 5 heteroatoms. The fraction of sp³-hybridized carbons (Fsp3) is 0.533. The molecule has 1 aliphatic heterocycles. The molecule has 1 N–H and O–H groups in total. The number of rotatable bonds is 4. The number of amides is 2. The van der Waals surface area contributed by atoms with E-state index in [1.54, 1.807) is 11.9 Å². The summed E-state index contributed by atoms with van der Waals surface area (Å²) < 4.78 is 10.7. The summed E-state index contributed by atoms with van der Waals surface area (Å²) in [5.74, 6) is 0. The molecular formula is C15H22N2O3. The second kappa shape index (κ2) is 6.72. The third-order valence-corrected chi connectivity index (χ3v) is 3.21. The lowest BCUT2D eigenvalue weighted by Gasteiger charge is -2.19. The highest BCUT2D eigenvalue weighted by molar-refractivity contribution is 5.89. The van der Waals surface area contributed by atoms with Crippen molar-refractivity contribution in [2.45, 2.75) is 26.6 Å². The minimum atomic E-state index is -0.175. The summed E-state index contributed by atoms with van der Waals surface area (Å²) in [6.45, 7) is 5.91. The molecule has 1 aliphatic rings. The van der Waals surface area contributed by atoms with Gasteiger partial charge in [0.25, 0.3) is 0 Å². The van der Waals surface area contributed by atoms with Crippen molar-refractivity contribution in [3.8, 4) is 0 Å². The summed E-state index contributed by atoms with van der Waals surface area (Å²) in [5, 5.41) is 2.90. The fourth-order valence-electron chi connectivity index (χ4n) is 2.24. The number of benzene rings is 1. The van der Waals surface area contributed by atoms with Crippen molar-refractivity contribution in [2.24, 2.45) is 0 Å². The molecule has 0 atom stereocenters. The Morgan fingerprint density at radius 2 is 1.85 bits per heavy atom. The van der Waals surface area contributed by atoms with Gasteiger partial charge in [0.15, 0.2) is 6.29 Å². The highest BCUT2D eigenvalue weighted by Gasteiger charge is 2.18. The first-order valence-electron chi connectivity index (χ1n) is 6.88. The minimum absolute atomic E-state index is 0.118. The number of urea groups is 1. The molecular weight excluding hydrogens is 256 g/mol. The van der Waals surface area contributed by atoms with Crippen LogP contribution in [-0.2, 0) is 9.47 Å². The van der Waals surface area contributed by atoms with E-state index >= 15 is 0 Å². The number of carbonyl (C=O) groups is 1. The Bertz CT molecular complexity index is 450. The van der Waals surface area contributed by atoms with Gasteiger partial charge in [0.1, 0.15) is 0 Å². The average Bonchev–Trinajstić information content (AvgIpc) is 2.87. The van der Waals surface area contributed by atoms with E-state index in [1.165, 1.54) is 0 Å². The van der Waals surface area contributed by atoms with Crippen LogP contribution in [0.2, 0.25) is 0 Å². The van der Waals surface area contributed by atoms with Crippen LogP contribution in [0.1, 0.15) is 17.5 Å². The maximum Gasteiger partial charge on any atom is 0.321 e. The highest BCUT2D eigenvalue weighted by atomic mass is 16.7. The Labute approximate surface area is 119 Å². The molecule has 2 amide bonds. The highest BCUT2D eigenvalue weighted by Crippen LogP contribution is 2.14. The quantitative estimate of drug-likeness (QED) is 0.920. The first kappa shape index (κ1) is 14.8. The van der Waals surface area contributed by atoms with Crippen molar-refractivity contribution >= 4 is 11.7 Å². The maximum absolute atomic E-state index is 12.1. The zero-order valence-corrected chi connectivity index (χ0v) is 12.3. The molecule has 0 unspecified atom stereocenters. The number of carbonyl (C=O) groups excluding carboxylic acids is 1. The normalized spacial score (nSPS) is 15.3. The Balaban J connectivity index is 1.83. The number of hydrogen-bond donors (Lipinski definition) is 1. The molecule has 0 bridgehead atoms. The van der Waals surface area contributed by atoms with E-state index in [4.69, 9.17) is 9.47 Å². The van der Waals surface area contributed by atoms with E-state index in [0.29, 0.717) is 26.2 Å². The third-order valence-electron chi connectivity index (χ3n) is 3.21. The minimum Gasteiger partial charge on any atom is -0.350 e. The predicted molar refractivity (Wildman–Crippen MR) is 77.9 cm³/mol. The average molecular weight is 278 g/mol. The van der Waals surface area contributed by atoms with Crippen LogP contribution >= 0.6 is 0 Å². The number of hydrogen-bond acceptors (Lipinski definition) is 3. The van der Waals surface area contributed by atoms with Gasteiger partial charge in [-0.3, -0.25) is 0 Å². The van der Waals surface area contributed by atoms with Crippen LogP contribution in [0.4, 0.5) is 10.5 Å². The largest absolute Gasteiger partial charge is 0.350 e. The maximum atomic E-state index is 12.1. The van der Waals surface area contributed by atoms with E-state index in [2.05, 4.69) is 11.4 Å². The number of nitrogens with zero attached hydrogens (tertiary/aromatic N) is 1. The van der Waals surface area contributed by atoms with Crippen LogP contribution in [0.3, 0.4) is 0 Å².